The number of ether oxygens (including phenoxy) is 1. The van der Waals surface area contributed by atoms with E-state index in [1.54, 1.807) is 24.4 Å². The third kappa shape index (κ3) is 3.55. The summed E-state index contributed by atoms with van der Waals surface area (Å²) in [5, 5.41) is 18.1. The lowest BCUT2D eigenvalue weighted by atomic mass is 10.2. The number of alkyl halides is 1. The number of aromatic nitrogens is 4. The highest BCUT2D eigenvalue weighted by molar-refractivity contribution is 5.92. The van der Waals surface area contributed by atoms with Gasteiger partial charge in [0.25, 0.3) is 5.91 Å². The minimum Gasteiger partial charge on any atom is -0.480 e. The predicted molar refractivity (Wildman–Crippen MR) is 83.6 cm³/mol. The van der Waals surface area contributed by atoms with Gasteiger partial charge in [-0.2, -0.15) is 5.10 Å². The Balaban J connectivity index is 1.62. The van der Waals surface area contributed by atoms with E-state index in [1.165, 1.54) is 13.2 Å². The zero-order valence-corrected chi connectivity index (χ0v) is 13.1. The van der Waals surface area contributed by atoms with Crippen LogP contribution in [-0.4, -0.2) is 58.7 Å². The maximum absolute atomic E-state index is 13.8. The number of carbonyl (C=O) groups is 1. The zero-order chi connectivity index (χ0) is 16.9. The minimum atomic E-state index is -0.963. The van der Waals surface area contributed by atoms with Crippen LogP contribution >= 0.6 is 0 Å². The highest BCUT2D eigenvalue weighted by Crippen LogP contribution is 2.24. The zero-order valence-electron chi connectivity index (χ0n) is 13.1. The van der Waals surface area contributed by atoms with Gasteiger partial charge in [-0.3, -0.25) is 4.79 Å². The number of carbonyl (C=O) groups excluding carboxylic acids is 1. The van der Waals surface area contributed by atoms with Gasteiger partial charge in [-0.15, -0.1) is 15.3 Å². The first kappa shape index (κ1) is 16.0. The molecule has 0 unspecified atom stereocenters. The number of methoxy groups -OCH3 is 1. The van der Waals surface area contributed by atoms with Gasteiger partial charge in [0.2, 0.25) is 5.88 Å². The van der Waals surface area contributed by atoms with Crippen molar-refractivity contribution < 1.29 is 13.9 Å². The number of halogens is 1. The maximum Gasteiger partial charge on any atom is 0.271 e. The lowest BCUT2D eigenvalue weighted by molar-refractivity contribution is 0.0944. The molecular formula is C15H17FN6O2. The molecule has 1 fully saturated rings. The van der Waals surface area contributed by atoms with Gasteiger partial charge in [0, 0.05) is 25.2 Å². The average molecular weight is 332 g/mol. The maximum atomic E-state index is 13.8. The molecule has 2 aromatic heterocycles. The summed E-state index contributed by atoms with van der Waals surface area (Å²) in [5.41, 5.74) is 0.177. The van der Waals surface area contributed by atoms with Crippen LogP contribution in [0.3, 0.4) is 0 Å². The van der Waals surface area contributed by atoms with Crippen LogP contribution in [0.4, 0.5) is 10.2 Å². The van der Waals surface area contributed by atoms with Gasteiger partial charge in [-0.25, -0.2) is 4.39 Å². The smallest absolute Gasteiger partial charge is 0.271 e. The Bertz CT molecular complexity index is 684. The fraction of sp³-hybridized carbons (Fsp3) is 0.400. The molecular weight excluding hydrogens is 315 g/mol. The fourth-order valence-electron chi connectivity index (χ4n) is 2.63. The SMILES string of the molecule is COc1ccc(C(=O)NC[C@@H]2C[C@H](F)CN2c2cccnn2)nn1. The van der Waals surface area contributed by atoms with Crippen molar-refractivity contribution >= 4 is 11.7 Å². The Morgan fingerprint density at radius 3 is 2.92 bits per heavy atom. The van der Waals surface area contributed by atoms with E-state index in [0.717, 1.165) is 0 Å². The van der Waals surface area contributed by atoms with E-state index < -0.39 is 6.17 Å². The van der Waals surface area contributed by atoms with Crippen LogP contribution in [0.15, 0.2) is 30.5 Å². The van der Waals surface area contributed by atoms with Crippen molar-refractivity contribution in [3.05, 3.63) is 36.2 Å². The van der Waals surface area contributed by atoms with E-state index in [4.69, 9.17) is 4.74 Å². The van der Waals surface area contributed by atoms with Crippen LogP contribution in [0.1, 0.15) is 16.9 Å². The van der Waals surface area contributed by atoms with Crippen LogP contribution in [0.25, 0.3) is 0 Å². The topological polar surface area (TPSA) is 93.1 Å². The van der Waals surface area contributed by atoms with E-state index in [-0.39, 0.29) is 30.7 Å². The molecule has 8 nitrogen and oxygen atoms in total. The first-order chi connectivity index (χ1) is 11.7. The molecule has 0 saturated carbocycles. The summed E-state index contributed by atoms with van der Waals surface area (Å²) in [5.74, 6) is 0.559. The number of hydrogen-bond acceptors (Lipinski definition) is 7. The van der Waals surface area contributed by atoms with Crippen LogP contribution in [-0.2, 0) is 0 Å². The molecule has 0 bridgehead atoms. The monoisotopic (exact) mass is 332 g/mol. The molecule has 1 saturated heterocycles. The number of anilines is 1. The van der Waals surface area contributed by atoms with Gasteiger partial charge in [0.15, 0.2) is 11.5 Å². The number of rotatable bonds is 5. The molecule has 2 atom stereocenters. The van der Waals surface area contributed by atoms with Gasteiger partial charge < -0.3 is 15.0 Å². The molecule has 0 aromatic carbocycles. The first-order valence-corrected chi connectivity index (χ1v) is 7.51. The Morgan fingerprint density at radius 2 is 2.25 bits per heavy atom. The number of nitrogens with one attached hydrogen (secondary N) is 1. The van der Waals surface area contributed by atoms with E-state index in [0.29, 0.717) is 18.1 Å². The normalized spacial score (nSPS) is 20.0. The molecule has 1 aliphatic rings. The summed E-state index contributed by atoms with van der Waals surface area (Å²) in [6, 6.07) is 6.41. The molecule has 1 amide bonds. The van der Waals surface area contributed by atoms with Crippen LogP contribution in [0.2, 0.25) is 0 Å². The Labute approximate surface area is 138 Å². The highest BCUT2D eigenvalue weighted by atomic mass is 19.1. The van der Waals surface area contributed by atoms with Crippen molar-refractivity contribution in [3.63, 3.8) is 0 Å². The summed E-state index contributed by atoms with van der Waals surface area (Å²) < 4.78 is 18.7. The van der Waals surface area contributed by atoms with Crippen molar-refractivity contribution in [2.24, 2.45) is 0 Å². The Kier molecular flexibility index (Phi) is 4.78. The largest absolute Gasteiger partial charge is 0.480 e. The lowest BCUT2D eigenvalue weighted by Crippen LogP contribution is -2.40. The Morgan fingerprint density at radius 1 is 1.38 bits per heavy atom. The average Bonchev–Trinajstić information content (AvgIpc) is 3.01. The van der Waals surface area contributed by atoms with E-state index in [9.17, 15) is 9.18 Å². The summed E-state index contributed by atoms with van der Waals surface area (Å²) in [4.78, 5) is 13.9. The summed E-state index contributed by atoms with van der Waals surface area (Å²) in [6.45, 7) is 0.519. The molecule has 0 aliphatic carbocycles. The Hall–Kier alpha value is -2.84. The van der Waals surface area contributed by atoms with Gasteiger partial charge in [0.05, 0.1) is 19.7 Å². The van der Waals surface area contributed by atoms with Crippen LogP contribution in [0, 0.1) is 0 Å². The molecule has 1 N–H and O–H groups in total. The van der Waals surface area contributed by atoms with Gasteiger partial charge in [0.1, 0.15) is 6.17 Å². The van der Waals surface area contributed by atoms with Gasteiger partial charge >= 0.3 is 0 Å². The van der Waals surface area contributed by atoms with E-state index in [2.05, 4.69) is 25.7 Å². The standard InChI is InChI=1S/C15H17FN6O2/c1-24-14-5-4-12(19-21-14)15(23)17-8-11-7-10(16)9-22(11)13-3-2-6-18-20-13/h2-6,10-11H,7-9H2,1H3,(H,17,23)/t10-,11-/m0/s1. The first-order valence-electron chi connectivity index (χ1n) is 7.51. The molecule has 24 heavy (non-hydrogen) atoms. The number of nitrogens with zero attached hydrogens (tertiary/aromatic N) is 5. The highest BCUT2D eigenvalue weighted by Gasteiger charge is 2.33. The second-order valence-electron chi connectivity index (χ2n) is 5.39. The molecule has 0 spiro atoms. The van der Waals surface area contributed by atoms with Crippen LogP contribution in [0.5, 0.6) is 5.88 Å². The lowest BCUT2D eigenvalue weighted by Gasteiger charge is -2.24. The molecule has 0 radical (unpaired) electrons. The predicted octanol–water partition coefficient (Wildman–Crippen LogP) is 0.622. The van der Waals surface area contributed by atoms with Gasteiger partial charge in [-0.1, -0.05) is 0 Å². The van der Waals surface area contributed by atoms with Crippen molar-refractivity contribution in [2.45, 2.75) is 18.6 Å². The minimum absolute atomic E-state index is 0.177. The van der Waals surface area contributed by atoms with E-state index in [1.807, 2.05) is 4.90 Å². The molecule has 126 valence electrons. The van der Waals surface area contributed by atoms with Gasteiger partial charge in [-0.05, 0) is 18.2 Å². The number of hydrogen-bond donors (Lipinski definition) is 1. The molecule has 9 heteroatoms. The van der Waals surface area contributed by atoms with Crippen molar-refractivity contribution in [1.82, 2.24) is 25.7 Å². The quantitative estimate of drug-likeness (QED) is 0.858. The second kappa shape index (κ2) is 7.16. The molecule has 3 heterocycles. The van der Waals surface area contributed by atoms with Crippen molar-refractivity contribution in [2.75, 3.05) is 25.1 Å². The van der Waals surface area contributed by atoms with E-state index >= 15 is 0 Å². The summed E-state index contributed by atoms with van der Waals surface area (Å²) in [7, 11) is 1.47. The molecule has 2 aromatic rings. The molecule has 1 aliphatic heterocycles. The number of amides is 1. The van der Waals surface area contributed by atoms with Crippen LogP contribution < -0.4 is 15.0 Å². The van der Waals surface area contributed by atoms with Crippen molar-refractivity contribution in [3.8, 4) is 5.88 Å². The summed E-state index contributed by atoms with van der Waals surface area (Å²) in [6.07, 6.45) is 0.922. The second-order valence-corrected chi connectivity index (χ2v) is 5.39. The summed E-state index contributed by atoms with van der Waals surface area (Å²) >= 11 is 0. The third-order valence-corrected chi connectivity index (χ3v) is 3.80. The molecule has 3 rings (SSSR count). The fourth-order valence-corrected chi connectivity index (χ4v) is 2.63. The third-order valence-electron chi connectivity index (χ3n) is 3.80. The van der Waals surface area contributed by atoms with Crippen molar-refractivity contribution in [1.29, 1.82) is 0 Å².